The molecule has 0 aromatic carbocycles. The highest BCUT2D eigenvalue weighted by atomic mass is 16.4. The predicted molar refractivity (Wildman–Crippen MR) is 68.0 cm³/mol. The summed E-state index contributed by atoms with van der Waals surface area (Å²) in [5.41, 5.74) is 0.897. The Balaban J connectivity index is 1.69. The molecule has 0 spiro atoms. The van der Waals surface area contributed by atoms with Gasteiger partial charge < -0.3 is 9.73 Å². The van der Waals surface area contributed by atoms with Gasteiger partial charge in [-0.2, -0.15) is 0 Å². The molecule has 0 bridgehead atoms. The Morgan fingerprint density at radius 1 is 1.06 bits per heavy atom. The second-order valence-electron chi connectivity index (χ2n) is 4.63. The summed E-state index contributed by atoms with van der Waals surface area (Å²) < 4.78 is 5.61. The number of nitrogens with one attached hydrogen (secondary N) is 1. The standard InChI is InChI=1S/C13H16N4O/c1-2-4-11(5-3-1)15-13-17-16-12(18-13)10-6-8-14-9-7-10/h6-9,11H,1-5H2,(H,15,17). The van der Waals surface area contributed by atoms with Crippen molar-refractivity contribution < 1.29 is 4.42 Å². The normalized spacial score (nSPS) is 16.7. The predicted octanol–water partition coefficient (Wildman–Crippen LogP) is 2.88. The second kappa shape index (κ2) is 5.16. The summed E-state index contributed by atoms with van der Waals surface area (Å²) in [6.45, 7) is 0. The summed E-state index contributed by atoms with van der Waals surface area (Å²) in [7, 11) is 0. The Bertz CT molecular complexity index is 491. The van der Waals surface area contributed by atoms with E-state index >= 15 is 0 Å². The van der Waals surface area contributed by atoms with Gasteiger partial charge in [0.1, 0.15) is 0 Å². The van der Waals surface area contributed by atoms with E-state index in [1.807, 2.05) is 12.1 Å². The van der Waals surface area contributed by atoms with Crippen LogP contribution in [0.5, 0.6) is 0 Å². The van der Waals surface area contributed by atoms with E-state index in [9.17, 15) is 0 Å². The molecule has 0 radical (unpaired) electrons. The molecule has 94 valence electrons. The highest BCUT2D eigenvalue weighted by molar-refractivity contribution is 5.51. The summed E-state index contributed by atoms with van der Waals surface area (Å²) in [5.74, 6) is 0.538. The van der Waals surface area contributed by atoms with E-state index < -0.39 is 0 Å². The zero-order chi connectivity index (χ0) is 12.2. The first-order valence-corrected chi connectivity index (χ1v) is 6.42. The van der Waals surface area contributed by atoms with Crippen molar-refractivity contribution in [2.24, 2.45) is 0 Å². The molecule has 2 aromatic rings. The zero-order valence-corrected chi connectivity index (χ0v) is 10.2. The number of nitrogens with zero attached hydrogens (tertiary/aromatic N) is 3. The third kappa shape index (κ3) is 2.50. The van der Waals surface area contributed by atoms with Gasteiger partial charge in [0.15, 0.2) is 0 Å². The van der Waals surface area contributed by atoms with E-state index in [1.165, 1.54) is 32.1 Å². The summed E-state index contributed by atoms with van der Waals surface area (Å²) in [6, 6.07) is 4.72. The molecule has 0 aliphatic heterocycles. The first-order valence-electron chi connectivity index (χ1n) is 6.42. The third-order valence-electron chi connectivity index (χ3n) is 3.29. The largest absolute Gasteiger partial charge is 0.403 e. The van der Waals surface area contributed by atoms with Crippen LogP contribution in [0.4, 0.5) is 6.01 Å². The third-order valence-corrected chi connectivity index (χ3v) is 3.29. The maximum absolute atomic E-state index is 5.61. The minimum Gasteiger partial charge on any atom is -0.403 e. The highest BCUT2D eigenvalue weighted by Crippen LogP contribution is 2.23. The lowest BCUT2D eigenvalue weighted by atomic mass is 9.96. The van der Waals surface area contributed by atoms with E-state index in [4.69, 9.17) is 4.42 Å². The van der Waals surface area contributed by atoms with Crippen molar-refractivity contribution >= 4 is 6.01 Å². The van der Waals surface area contributed by atoms with Gasteiger partial charge in [-0.15, -0.1) is 5.10 Å². The van der Waals surface area contributed by atoms with Crippen molar-refractivity contribution in [3.05, 3.63) is 24.5 Å². The molecule has 3 rings (SSSR count). The fraction of sp³-hybridized carbons (Fsp3) is 0.462. The van der Waals surface area contributed by atoms with Crippen LogP contribution in [0.25, 0.3) is 11.5 Å². The SMILES string of the molecule is c1cc(-c2nnc(NC3CCCCC3)o2)ccn1. The molecule has 0 amide bonds. The molecule has 0 unspecified atom stereocenters. The molecule has 0 atom stereocenters. The van der Waals surface area contributed by atoms with Gasteiger partial charge in [0.25, 0.3) is 0 Å². The fourth-order valence-electron chi connectivity index (χ4n) is 2.31. The molecule has 1 aliphatic carbocycles. The smallest absolute Gasteiger partial charge is 0.315 e. The zero-order valence-electron chi connectivity index (χ0n) is 10.2. The van der Waals surface area contributed by atoms with Crippen molar-refractivity contribution in [3.8, 4) is 11.5 Å². The molecule has 5 nitrogen and oxygen atoms in total. The Hall–Kier alpha value is -1.91. The van der Waals surface area contributed by atoms with E-state index in [0.717, 1.165) is 5.56 Å². The molecule has 1 saturated carbocycles. The van der Waals surface area contributed by atoms with Crippen molar-refractivity contribution in [1.29, 1.82) is 0 Å². The molecule has 18 heavy (non-hydrogen) atoms. The van der Waals surface area contributed by atoms with Crippen LogP contribution < -0.4 is 5.32 Å². The van der Waals surface area contributed by atoms with Crippen molar-refractivity contribution in [2.45, 2.75) is 38.1 Å². The van der Waals surface area contributed by atoms with Crippen molar-refractivity contribution in [3.63, 3.8) is 0 Å². The summed E-state index contributed by atoms with van der Waals surface area (Å²) in [4.78, 5) is 3.97. The average molecular weight is 244 g/mol. The molecule has 5 heteroatoms. The van der Waals surface area contributed by atoms with E-state index in [2.05, 4.69) is 20.5 Å². The molecule has 1 N–H and O–H groups in total. The van der Waals surface area contributed by atoms with E-state index in [-0.39, 0.29) is 0 Å². The van der Waals surface area contributed by atoms with Gasteiger partial charge in [0, 0.05) is 24.0 Å². The molecule has 1 aliphatic rings. The van der Waals surface area contributed by atoms with Crippen LogP contribution in [0.2, 0.25) is 0 Å². The van der Waals surface area contributed by atoms with Crippen LogP contribution >= 0.6 is 0 Å². The Kier molecular flexibility index (Phi) is 3.21. The van der Waals surface area contributed by atoms with Crippen LogP contribution in [0, 0.1) is 0 Å². The lowest BCUT2D eigenvalue weighted by molar-refractivity contribution is 0.449. The molecule has 2 heterocycles. The van der Waals surface area contributed by atoms with Crippen molar-refractivity contribution in [2.75, 3.05) is 5.32 Å². The Morgan fingerprint density at radius 3 is 2.61 bits per heavy atom. The van der Waals surface area contributed by atoms with E-state index in [1.54, 1.807) is 12.4 Å². The number of aromatic nitrogens is 3. The first kappa shape index (κ1) is 11.2. The van der Waals surface area contributed by atoms with Crippen LogP contribution in [-0.2, 0) is 0 Å². The van der Waals surface area contributed by atoms with Gasteiger partial charge in [0.05, 0.1) is 0 Å². The number of pyridine rings is 1. The fourth-order valence-corrected chi connectivity index (χ4v) is 2.31. The van der Waals surface area contributed by atoms with Gasteiger partial charge in [-0.25, -0.2) is 0 Å². The van der Waals surface area contributed by atoms with Crippen LogP contribution in [0.1, 0.15) is 32.1 Å². The highest BCUT2D eigenvalue weighted by Gasteiger charge is 2.16. The molecular formula is C13H16N4O. The average Bonchev–Trinajstić information content (AvgIpc) is 2.89. The Morgan fingerprint density at radius 2 is 1.83 bits per heavy atom. The summed E-state index contributed by atoms with van der Waals surface area (Å²) in [5, 5.41) is 11.4. The minimum absolute atomic E-state index is 0.476. The number of hydrogen-bond donors (Lipinski definition) is 1. The Labute approximate surface area is 106 Å². The second-order valence-corrected chi connectivity index (χ2v) is 4.63. The lowest BCUT2D eigenvalue weighted by Gasteiger charge is -2.21. The number of rotatable bonds is 3. The number of hydrogen-bond acceptors (Lipinski definition) is 5. The van der Waals surface area contributed by atoms with Gasteiger partial charge in [-0.1, -0.05) is 24.4 Å². The molecular weight excluding hydrogens is 228 g/mol. The van der Waals surface area contributed by atoms with Gasteiger partial charge in [-0.05, 0) is 25.0 Å². The topological polar surface area (TPSA) is 63.8 Å². The summed E-state index contributed by atoms with van der Waals surface area (Å²) >= 11 is 0. The first-order chi connectivity index (χ1) is 8.92. The molecule has 2 aromatic heterocycles. The maximum atomic E-state index is 5.61. The summed E-state index contributed by atoms with van der Waals surface area (Å²) in [6.07, 6.45) is 9.71. The van der Waals surface area contributed by atoms with Crippen LogP contribution in [0.3, 0.4) is 0 Å². The quantitative estimate of drug-likeness (QED) is 0.899. The molecule has 1 fully saturated rings. The number of anilines is 1. The monoisotopic (exact) mass is 244 g/mol. The van der Waals surface area contributed by atoms with Gasteiger partial charge >= 0.3 is 6.01 Å². The lowest BCUT2D eigenvalue weighted by Crippen LogP contribution is -2.22. The minimum atomic E-state index is 0.476. The maximum Gasteiger partial charge on any atom is 0.315 e. The van der Waals surface area contributed by atoms with Gasteiger partial charge in [-0.3, -0.25) is 4.98 Å². The van der Waals surface area contributed by atoms with Crippen LogP contribution in [-0.4, -0.2) is 21.2 Å². The van der Waals surface area contributed by atoms with Crippen LogP contribution in [0.15, 0.2) is 28.9 Å². The van der Waals surface area contributed by atoms with E-state index in [0.29, 0.717) is 17.9 Å². The molecule has 0 saturated heterocycles. The van der Waals surface area contributed by atoms with Gasteiger partial charge in [0.2, 0.25) is 5.89 Å². The van der Waals surface area contributed by atoms with Crippen molar-refractivity contribution in [1.82, 2.24) is 15.2 Å².